The van der Waals surface area contributed by atoms with E-state index in [9.17, 15) is 4.39 Å². The van der Waals surface area contributed by atoms with Gasteiger partial charge in [-0.1, -0.05) is 23.7 Å². The van der Waals surface area contributed by atoms with Crippen LogP contribution in [0.2, 0.25) is 5.15 Å². The molecular weight excluding hydrogens is 343 g/mol. The lowest BCUT2D eigenvalue weighted by atomic mass is 10.1. The van der Waals surface area contributed by atoms with Gasteiger partial charge in [-0.3, -0.25) is 4.99 Å². The highest BCUT2D eigenvalue weighted by Gasteiger charge is 2.04. The highest BCUT2D eigenvalue weighted by Crippen LogP contribution is 2.11. The first kappa shape index (κ1) is 19.1. The van der Waals surface area contributed by atoms with Crippen molar-refractivity contribution in [2.24, 2.45) is 4.99 Å². The minimum atomic E-state index is -0.260. The minimum Gasteiger partial charge on any atom is -0.380 e. The number of halogens is 2. The lowest BCUT2D eigenvalue weighted by Gasteiger charge is -2.13. The van der Waals surface area contributed by atoms with E-state index < -0.39 is 0 Å². The second kappa shape index (κ2) is 9.96. The molecule has 1 aromatic carbocycles. The second-order valence-electron chi connectivity index (χ2n) is 5.45. The van der Waals surface area contributed by atoms with E-state index >= 15 is 0 Å². The molecule has 25 heavy (non-hydrogen) atoms. The maximum Gasteiger partial charge on any atom is 0.191 e. The van der Waals surface area contributed by atoms with Gasteiger partial charge in [-0.2, -0.15) is 0 Å². The van der Waals surface area contributed by atoms with Gasteiger partial charge >= 0.3 is 0 Å². The highest BCUT2D eigenvalue weighted by molar-refractivity contribution is 6.29. The molecule has 7 heteroatoms. The predicted octanol–water partition coefficient (Wildman–Crippen LogP) is 2.93. The third-order valence-electron chi connectivity index (χ3n) is 3.59. The average Bonchev–Trinajstić information content (AvgIpc) is 2.62. The molecule has 5 nitrogen and oxygen atoms in total. The third kappa shape index (κ3) is 6.32. The van der Waals surface area contributed by atoms with Crippen molar-refractivity contribution in [3.8, 4) is 0 Å². The van der Waals surface area contributed by atoms with Crippen LogP contribution in [0.5, 0.6) is 0 Å². The molecule has 0 spiro atoms. The van der Waals surface area contributed by atoms with Gasteiger partial charge in [0, 0.05) is 39.0 Å². The van der Waals surface area contributed by atoms with E-state index in [4.69, 9.17) is 16.3 Å². The van der Waals surface area contributed by atoms with Gasteiger partial charge in [0.05, 0.1) is 6.61 Å². The molecule has 0 saturated carbocycles. The Kier molecular flexibility index (Phi) is 7.63. The van der Waals surface area contributed by atoms with Gasteiger partial charge in [-0.25, -0.2) is 9.37 Å². The number of hydrogen-bond acceptors (Lipinski definition) is 3. The Morgan fingerprint density at radius 1 is 1.24 bits per heavy atom. The maximum atomic E-state index is 13.6. The van der Waals surface area contributed by atoms with E-state index in [1.54, 1.807) is 38.6 Å². The molecule has 0 fully saturated rings. The number of methoxy groups -OCH3 is 1. The topological polar surface area (TPSA) is 58.5 Å². The van der Waals surface area contributed by atoms with Gasteiger partial charge in [0.25, 0.3) is 0 Å². The number of pyridine rings is 1. The average molecular weight is 365 g/mol. The lowest BCUT2D eigenvalue weighted by molar-refractivity contribution is 0.181. The van der Waals surface area contributed by atoms with Crippen LogP contribution < -0.4 is 10.6 Å². The molecular formula is C18H22ClFN4O. The molecule has 0 aliphatic heterocycles. The normalized spacial score (nSPS) is 11.4. The fourth-order valence-electron chi connectivity index (χ4n) is 2.29. The zero-order chi connectivity index (χ0) is 18.1. The summed E-state index contributed by atoms with van der Waals surface area (Å²) in [6, 6.07) is 8.71. The summed E-state index contributed by atoms with van der Waals surface area (Å²) >= 11 is 5.77. The van der Waals surface area contributed by atoms with Crippen LogP contribution in [0, 0.1) is 5.82 Å². The van der Waals surface area contributed by atoms with Crippen molar-refractivity contribution in [1.82, 2.24) is 15.6 Å². The predicted molar refractivity (Wildman–Crippen MR) is 98.3 cm³/mol. The van der Waals surface area contributed by atoms with Crippen LogP contribution in [0.15, 0.2) is 41.5 Å². The van der Waals surface area contributed by atoms with E-state index in [0.717, 1.165) is 17.5 Å². The number of hydrogen-bond donors (Lipinski definition) is 2. The van der Waals surface area contributed by atoms with Crippen molar-refractivity contribution in [2.75, 3.05) is 20.7 Å². The second-order valence-corrected chi connectivity index (χ2v) is 5.84. The summed E-state index contributed by atoms with van der Waals surface area (Å²) in [6.07, 6.45) is 2.56. The van der Waals surface area contributed by atoms with Crippen LogP contribution in [-0.2, 0) is 24.3 Å². The number of rotatable bonds is 7. The van der Waals surface area contributed by atoms with Crippen molar-refractivity contribution >= 4 is 17.6 Å². The molecule has 0 bridgehead atoms. The van der Waals surface area contributed by atoms with Crippen LogP contribution in [0.4, 0.5) is 4.39 Å². The van der Waals surface area contributed by atoms with E-state index in [-0.39, 0.29) is 12.4 Å². The molecule has 0 saturated heterocycles. The Hall–Kier alpha value is -2.18. The van der Waals surface area contributed by atoms with Gasteiger partial charge in [0.1, 0.15) is 11.0 Å². The molecule has 0 radical (unpaired) electrons. The Morgan fingerprint density at radius 2 is 2.04 bits per heavy atom. The fourth-order valence-corrected chi connectivity index (χ4v) is 2.40. The summed E-state index contributed by atoms with van der Waals surface area (Å²) in [7, 11) is 3.26. The Morgan fingerprint density at radius 3 is 2.72 bits per heavy atom. The van der Waals surface area contributed by atoms with Crippen molar-refractivity contribution in [3.05, 3.63) is 64.2 Å². The quantitative estimate of drug-likeness (QED) is 0.450. The smallest absolute Gasteiger partial charge is 0.191 e. The molecule has 1 aromatic heterocycles. The first-order valence-electron chi connectivity index (χ1n) is 7.93. The standard InChI is InChI=1S/C18H22ClFN4O/c1-21-18(22-8-7-13-4-6-17(19)23-10-13)24-11-14-3-5-16(20)15(9-14)12-25-2/h3-6,9-10H,7-8,11-12H2,1-2H3,(H2,21,22,24). The molecule has 2 aromatic rings. The van der Waals surface area contributed by atoms with Crippen LogP contribution in [0.25, 0.3) is 0 Å². The number of aromatic nitrogens is 1. The van der Waals surface area contributed by atoms with Crippen LogP contribution in [0.3, 0.4) is 0 Å². The summed E-state index contributed by atoms with van der Waals surface area (Å²) in [6.45, 7) is 1.50. The molecule has 0 unspecified atom stereocenters. The molecule has 134 valence electrons. The van der Waals surface area contributed by atoms with Gasteiger partial charge in [-0.05, 0) is 35.7 Å². The molecule has 0 aliphatic rings. The zero-order valence-electron chi connectivity index (χ0n) is 14.4. The Balaban J connectivity index is 1.82. The van der Waals surface area contributed by atoms with Gasteiger partial charge < -0.3 is 15.4 Å². The zero-order valence-corrected chi connectivity index (χ0v) is 15.1. The van der Waals surface area contributed by atoms with E-state index in [2.05, 4.69) is 20.6 Å². The molecule has 0 amide bonds. The molecule has 2 rings (SSSR count). The molecule has 0 aliphatic carbocycles. The monoisotopic (exact) mass is 364 g/mol. The molecule has 2 N–H and O–H groups in total. The molecule has 1 heterocycles. The van der Waals surface area contributed by atoms with Crippen LogP contribution >= 0.6 is 11.6 Å². The number of aliphatic imine (C=N–C) groups is 1. The maximum absolute atomic E-state index is 13.6. The van der Waals surface area contributed by atoms with E-state index in [1.165, 1.54) is 6.07 Å². The van der Waals surface area contributed by atoms with Crippen LogP contribution in [0.1, 0.15) is 16.7 Å². The van der Waals surface area contributed by atoms with Gasteiger partial charge in [0.2, 0.25) is 0 Å². The summed E-state index contributed by atoms with van der Waals surface area (Å²) in [5.74, 6) is 0.421. The summed E-state index contributed by atoms with van der Waals surface area (Å²) in [4.78, 5) is 8.24. The van der Waals surface area contributed by atoms with Crippen molar-refractivity contribution in [1.29, 1.82) is 0 Å². The number of benzene rings is 1. The van der Waals surface area contributed by atoms with Gasteiger partial charge in [-0.15, -0.1) is 0 Å². The first-order valence-corrected chi connectivity index (χ1v) is 8.31. The first-order chi connectivity index (χ1) is 12.1. The molecule has 0 atom stereocenters. The van der Waals surface area contributed by atoms with E-state index in [1.807, 2.05) is 6.07 Å². The highest BCUT2D eigenvalue weighted by atomic mass is 35.5. The van der Waals surface area contributed by atoms with Crippen LogP contribution in [-0.4, -0.2) is 31.6 Å². The van der Waals surface area contributed by atoms with Crippen molar-refractivity contribution in [3.63, 3.8) is 0 Å². The van der Waals surface area contributed by atoms with Gasteiger partial charge in [0.15, 0.2) is 5.96 Å². The Bertz CT molecular complexity index is 707. The minimum absolute atomic E-state index is 0.252. The fraction of sp³-hybridized carbons (Fsp3) is 0.333. The summed E-state index contributed by atoms with van der Waals surface area (Å²) in [5.41, 5.74) is 2.59. The summed E-state index contributed by atoms with van der Waals surface area (Å²) < 4.78 is 18.6. The van der Waals surface area contributed by atoms with E-state index in [0.29, 0.717) is 29.8 Å². The lowest BCUT2D eigenvalue weighted by Crippen LogP contribution is -2.37. The number of nitrogens with one attached hydrogen (secondary N) is 2. The Labute approximate surface area is 152 Å². The van der Waals surface area contributed by atoms with Crippen molar-refractivity contribution < 1.29 is 9.13 Å². The number of ether oxygens (including phenoxy) is 1. The largest absolute Gasteiger partial charge is 0.380 e. The third-order valence-corrected chi connectivity index (χ3v) is 3.81. The van der Waals surface area contributed by atoms with Crippen molar-refractivity contribution in [2.45, 2.75) is 19.6 Å². The summed E-state index contributed by atoms with van der Waals surface area (Å²) in [5, 5.41) is 6.93. The number of nitrogens with zero attached hydrogens (tertiary/aromatic N) is 2. The SMILES string of the molecule is CN=C(NCCc1ccc(Cl)nc1)NCc1ccc(F)c(COC)c1. The number of guanidine groups is 1.